The Morgan fingerprint density at radius 3 is 2.65 bits per heavy atom. The Balaban J connectivity index is 1.78. The zero-order valence-electron chi connectivity index (χ0n) is 12.1. The number of aliphatic hydroxyl groups excluding tert-OH is 1. The molecule has 3 heteroatoms. The van der Waals surface area contributed by atoms with E-state index in [1.807, 2.05) is 29.5 Å². The van der Waals surface area contributed by atoms with Gasteiger partial charge in [0.2, 0.25) is 0 Å². The van der Waals surface area contributed by atoms with Crippen molar-refractivity contribution in [3.05, 3.63) is 57.3 Å². The van der Waals surface area contributed by atoms with E-state index < -0.39 is 0 Å². The molecule has 0 unspecified atom stereocenters. The molecule has 2 N–H and O–H groups in total. The minimum absolute atomic E-state index is 0.111. The van der Waals surface area contributed by atoms with Gasteiger partial charge in [-0.2, -0.15) is 0 Å². The molecular formula is C17H23NOS. The van der Waals surface area contributed by atoms with Gasteiger partial charge in [-0.3, -0.25) is 0 Å². The summed E-state index contributed by atoms with van der Waals surface area (Å²) in [7, 11) is 0. The van der Waals surface area contributed by atoms with Crippen LogP contribution in [0.1, 0.15) is 40.6 Å². The average molecular weight is 289 g/mol. The van der Waals surface area contributed by atoms with Crippen LogP contribution >= 0.6 is 11.3 Å². The first-order valence-electron chi connectivity index (χ1n) is 7.28. The first kappa shape index (κ1) is 15.2. The van der Waals surface area contributed by atoms with Gasteiger partial charge < -0.3 is 10.4 Å². The van der Waals surface area contributed by atoms with Crippen molar-refractivity contribution in [3.8, 4) is 0 Å². The topological polar surface area (TPSA) is 32.3 Å². The lowest BCUT2D eigenvalue weighted by Gasteiger charge is -2.05. The van der Waals surface area contributed by atoms with Crippen LogP contribution in [0.15, 0.2) is 36.4 Å². The second kappa shape index (κ2) is 8.20. The van der Waals surface area contributed by atoms with E-state index >= 15 is 0 Å². The number of benzene rings is 1. The predicted octanol–water partition coefficient (Wildman–Crippen LogP) is 3.87. The molecule has 108 valence electrons. The van der Waals surface area contributed by atoms with Crippen molar-refractivity contribution < 1.29 is 5.11 Å². The highest BCUT2D eigenvalue weighted by Crippen LogP contribution is 2.18. The summed E-state index contributed by atoms with van der Waals surface area (Å²) in [5, 5.41) is 12.6. The van der Waals surface area contributed by atoms with Crippen molar-refractivity contribution in [2.24, 2.45) is 0 Å². The maximum Gasteiger partial charge on any atom is 0.0681 e. The average Bonchev–Trinajstić information content (AvgIpc) is 2.93. The van der Waals surface area contributed by atoms with Crippen molar-refractivity contribution in [2.75, 3.05) is 0 Å². The van der Waals surface area contributed by atoms with Crippen molar-refractivity contribution in [2.45, 2.75) is 45.9 Å². The third kappa shape index (κ3) is 4.75. The van der Waals surface area contributed by atoms with E-state index in [0.717, 1.165) is 18.7 Å². The standard InChI is InChI=1S/C17H23NOS/c1-2-3-7-16-8-9-17(20-16)12-18-11-14-5-4-6-15(10-14)13-19/h4-6,8-10,18-19H,2-3,7,11-13H2,1H3. The molecule has 0 fully saturated rings. The Bertz CT molecular complexity index is 521. The first-order chi connectivity index (χ1) is 9.81. The Morgan fingerprint density at radius 2 is 1.85 bits per heavy atom. The highest BCUT2D eigenvalue weighted by Gasteiger charge is 2.00. The Kier molecular flexibility index (Phi) is 6.25. The van der Waals surface area contributed by atoms with Gasteiger partial charge in [0.1, 0.15) is 0 Å². The maximum absolute atomic E-state index is 9.12. The molecule has 0 aliphatic carbocycles. The van der Waals surface area contributed by atoms with Crippen LogP contribution < -0.4 is 5.32 Å². The maximum atomic E-state index is 9.12. The van der Waals surface area contributed by atoms with Gasteiger partial charge in [-0.15, -0.1) is 11.3 Å². The molecule has 20 heavy (non-hydrogen) atoms. The smallest absolute Gasteiger partial charge is 0.0681 e. The normalized spacial score (nSPS) is 10.9. The molecule has 0 aliphatic heterocycles. The summed E-state index contributed by atoms with van der Waals surface area (Å²) in [6, 6.07) is 12.6. The van der Waals surface area contributed by atoms with E-state index in [4.69, 9.17) is 5.11 Å². The summed E-state index contributed by atoms with van der Waals surface area (Å²) in [6.45, 7) is 4.10. The molecule has 0 spiro atoms. The van der Waals surface area contributed by atoms with Crippen molar-refractivity contribution in [1.82, 2.24) is 5.32 Å². The van der Waals surface area contributed by atoms with Gasteiger partial charge in [-0.25, -0.2) is 0 Å². The molecule has 0 bridgehead atoms. The van der Waals surface area contributed by atoms with Gasteiger partial charge in [0, 0.05) is 22.8 Å². The SMILES string of the molecule is CCCCc1ccc(CNCc2cccc(CO)c2)s1. The number of hydrogen-bond acceptors (Lipinski definition) is 3. The molecule has 0 amide bonds. The lowest BCUT2D eigenvalue weighted by atomic mass is 10.1. The van der Waals surface area contributed by atoms with Gasteiger partial charge in [0.25, 0.3) is 0 Å². The molecule has 0 radical (unpaired) electrons. The Morgan fingerprint density at radius 1 is 1.05 bits per heavy atom. The molecule has 0 atom stereocenters. The Labute approximate surface area is 125 Å². The van der Waals surface area contributed by atoms with Crippen molar-refractivity contribution in [1.29, 1.82) is 0 Å². The molecule has 1 aromatic carbocycles. The first-order valence-corrected chi connectivity index (χ1v) is 8.10. The summed E-state index contributed by atoms with van der Waals surface area (Å²) in [5.74, 6) is 0. The second-order valence-electron chi connectivity index (χ2n) is 5.05. The number of aliphatic hydroxyl groups is 1. The van der Waals surface area contributed by atoms with E-state index in [9.17, 15) is 0 Å². The summed E-state index contributed by atoms with van der Waals surface area (Å²) in [4.78, 5) is 2.89. The van der Waals surface area contributed by atoms with E-state index in [-0.39, 0.29) is 6.61 Å². The van der Waals surface area contributed by atoms with Gasteiger partial charge in [0.15, 0.2) is 0 Å². The number of unbranched alkanes of at least 4 members (excludes halogenated alkanes) is 1. The van der Waals surface area contributed by atoms with Gasteiger partial charge >= 0.3 is 0 Å². The van der Waals surface area contributed by atoms with Crippen molar-refractivity contribution >= 4 is 11.3 Å². The van der Waals surface area contributed by atoms with Crippen LogP contribution in [0.2, 0.25) is 0 Å². The van der Waals surface area contributed by atoms with E-state index in [1.54, 1.807) is 0 Å². The van der Waals surface area contributed by atoms with Crippen LogP contribution in [0.3, 0.4) is 0 Å². The highest BCUT2D eigenvalue weighted by molar-refractivity contribution is 7.11. The van der Waals surface area contributed by atoms with Gasteiger partial charge in [-0.05, 0) is 36.1 Å². The molecule has 2 nitrogen and oxygen atoms in total. The minimum Gasteiger partial charge on any atom is -0.392 e. The van der Waals surface area contributed by atoms with Gasteiger partial charge in [-0.1, -0.05) is 37.6 Å². The summed E-state index contributed by atoms with van der Waals surface area (Å²) < 4.78 is 0. The molecule has 0 aliphatic rings. The van der Waals surface area contributed by atoms with E-state index in [0.29, 0.717) is 0 Å². The third-order valence-electron chi connectivity index (χ3n) is 3.30. The molecule has 1 aromatic heterocycles. The fourth-order valence-corrected chi connectivity index (χ4v) is 3.20. The van der Waals surface area contributed by atoms with Crippen LogP contribution in [0.25, 0.3) is 0 Å². The third-order valence-corrected chi connectivity index (χ3v) is 4.44. The summed E-state index contributed by atoms with van der Waals surface area (Å²) in [5.41, 5.74) is 2.20. The molecule has 0 saturated heterocycles. The molecule has 2 rings (SSSR count). The molecule has 1 heterocycles. The number of thiophene rings is 1. The van der Waals surface area contributed by atoms with Crippen molar-refractivity contribution in [3.63, 3.8) is 0 Å². The largest absolute Gasteiger partial charge is 0.392 e. The predicted molar refractivity (Wildman–Crippen MR) is 85.8 cm³/mol. The van der Waals surface area contributed by atoms with Crippen LogP contribution in [0.5, 0.6) is 0 Å². The Hall–Kier alpha value is -1.16. The van der Waals surface area contributed by atoms with Crippen LogP contribution in [-0.2, 0) is 26.1 Å². The molecule has 0 saturated carbocycles. The van der Waals surface area contributed by atoms with Crippen LogP contribution in [0.4, 0.5) is 0 Å². The number of aryl methyl sites for hydroxylation is 1. The molecular weight excluding hydrogens is 266 g/mol. The van der Waals surface area contributed by atoms with Crippen LogP contribution in [-0.4, -0.2) is 5.11 Å². The number of nitrogens with one attached hydrogen (secondary N) is 1. The molecule has 2 aromatic rings. The fourth-order valence-electron chi connectivity index (χ4n) is 2.17. The van der Waals surface area contributed by atoms with E-state index in [1.165, 1.54) is 34.6 Å². The van der Waals surface area contributed by atoms with E-state index in [2.05, 4.69) is 30.4 Å². The minimum atomic E-state index is 0.111. The highest BCUT2D eigenvalue weighted by atomic mass is 32.1. The lowest BCUT2D eigenvalue weighted by Crippen LogP contribution is -2.11. The number of hydrogen-bond donors (Lipinski definition) is 2. The zero-order chi connectivity index (χ0) is 14.2. The fraction of sp³-hybridized carbons (Fsp3) is 0.412. The number of rotatable bonds is 8. The van der Waals surface area contributed by atoms with Crippen LogP contribution in [0, 0.1) is 0 Å². The summed E-state index contributed by atoms with van der Waals surface area (Å²) >= 11 is 1.91. The monoisotopic (exact) mass is 289 g/mol. The summed E-state index contributed by atoms with van der Waals surface area (Å²) in [6.07, 6.45) is 3.74. The zero-order valence-corrected chi connectivity index (χ0v) is 12.9. The quantitative estimate of drug-likeness (QED) is 0.773. The lowest BCUT2D eigenvalue weighted by molar-refractivity contribution is 0.281. The van der Waals surface area contributed by atoms with Gasteiger partial charge in [0.05, 0.1) is 6.61 Å². The second-order valence-corrected chi connectivity index (χ2v) is 6.31.